The van der Waals surface area contributed by atoms with E-state index in [-0.39, 0.29) is 12.7 Å². The molecule has 1 amide bonds. The van der Waals surface area contributed by atoms with Gasteiger partial charge in [0.25, 0.3) is 0 Å². The van der Waals surface area contributed by atoms with Crippen LogP contribution in [0, 0.1) is 13.8 Å². The van der Waals surface area contributed by atoms with Gasteiger partial charge >= 0.3 is 0 Å². The fraction of sp³-hybridized carbons (Fsp3) is 0.280. The molecule has 0 unspecified atom stereocenters. The first-order chi connectivity index (χ1) is 15.6. The molecule has 7 nitrogen and oxygen atoms in total. The molecule has 0 atom stereocenters. The summed E-state index contributed by atoms with van der Waals surface area (Å²) in [6, 6.07) is 15.8. The smallest absolute Gasteiger partial charge is 0.246 e. The number of aryl methyl sites for hydroxylation is 1. The molecule has 0 radical (unpaired) electrons. The molecule has 2 aromatic carbocycles. The fourth-order valence-electron chi connectivity index (χ4n) is 4.35. The summed E-state index contributed by atoms with van der Waals surface area (Å²) in [4.78, 5) is 17.0. The van der Waals surface area contributed by atoms with E-state index >= 15 is 0 Å². The molecular weight excluding hydrogens is 404 g/mol. The maximum Gasteiger partial charge on any atom is 0.246 e. The maximum absolute atomic E-state index is 12.7. The first-order valence-corrected chi connectivity index (χ1v) is 10.8. The molecule has 2 aliphatic heterocycles. The van der Waals surface area contributed by atoms with Gasteiger partial charge in [0.15, 0.2) is 11.5 Å². The van der Waals surface area contributed by atoms with Crippen molar-refractivity contribution in [2.45, 2.75) is 13.8 Å². The minimum absolute atomic E-state index is 0.0238. The number of hydrogen-bond acceptors (Lipinski definition) is 5. The van der Waals surface area contributed by atoms with Gasteiger partial charge in [-0.3, -0.25) is 4.79 Å². The third-order valence-electron chi connectivity index (χ3n) is 5.98. The van der Waals surface area contributed by atoms with Crippen LogP contribution in [0.2, 0.25) is 0 Å². The molecular formula is C25H26N4O3. The number of fused-ring (bicyclic) bond motifs is 1. The zero-order valence-electron chi connectivity index (χ0n) is 18.3. The van der Waals surface area contributed by atoms with Crippen molar-refractivity contribution in [2.24, 2.45) is 0 Å². The number of para-hydroxylation sites is 1. The highest BCUT2D eigenvalue weighted by Gasteiger charge is 2.24. The molecule has 0 N–H and O–H groups in total. The monoisotopic (exact) mass is 430 g/mol. The molecule has 2 aliphatic rings. The summed E-state index contributed by atoms with van der Waals surface area (Å²) >= 11 is 0. The van der Waals surface area contributed by atoms with E-state index in [9.17, 15) is 4.79 Å². The van der Waals surface area contributed by atoms with E-state index in [1.165, 1.54) is 0 Å². The Morgan fingerprint density at radius 3 is 2.50 bits per heavy atom. The van der Waals surface area contributed by atoms with E-state index in [1.54, 1.807) is 6.08 Å². The first-order valence-electron chi connectivity index (χ1n) is 10.8. The lowest BCUT2D eigenvalue weighted by atomic mass is 10.2. The summed E-state index contributed by atoms with van der Waals surface area (Å²) in [6.07, 6.45) is 3.46. The zero-order valence-corrected chi connectivity index (χ0v) is 18.3. The van der Waals surface area contributed by atoms with Crippen LogP contribution in [-0.2, 0) is 4.79 Å². The number of carbonyl (C=O) groups is 1. The molecule has 0 aliphatic carbocycles. The Hall–Kier alpha value is -3.74. The van der Waals surface area contributed by atoms with Gasteiger partial charge in [-0.05, 0) is 49.8 Å². The minimum Gasteiger partial charge on any atom is -0.454 e. The molecule has 32 heavy (non-hydrogen) atoms. The molecule has 5 rings (SSSR count). The summed E-state index contributed by atoms with van der Waals surface area (Å²) in [5, 5.41) is 4.76. The van der Waals surface area contributed by atoms with E-state index in [0.717, 1.165) is 52.9 Å². The molecule has 0 spiro atoms. The molecule has 1 fully saturated rings. The largest absolute Gasteiger partial charge is 0.454 e. The number of aromatic nitrogens is 2. The van der Waals surface area contributed by atoms with Crippen molar-refractivity contribution in [2.75, 3.05) is 37.9 Å². The average Bonchev–Trinajstić information content (AvgIpc) is 3.41. The highest BCUT2D eigenvalue weighted by Crippen LogP contribution is 2.33. The Bertz CT molecular complexity index is 1160. The van der Waals surface area contributed by atoms with E-state index in [2.05, 4.69) is 24.0 Å². The Labute approximate surface area is 187 Å². The van der Waals surface area contributed by atoms with Gasteiger partial charge < -0.3 is 19.3 Å². The number of hydrogen-bond donors (Lipinski definition) is 0. The lowest BCUT2D eigenvalue weighted by Gasteiger charge is -2.35. The minimum atomic E-state index is 0.0238. The molecule has 1 aromatic heterocycles. The summed E-state index contributed by atoms with van der Waals surface area (Å²) in [5.74, 6) is 1.48. The first kappa shape index (κ1) is 20.2. The molecule has 0 bridgehead atoms. The van der Waals surface area contributed by atoms with Gasteiger partial charge in [-0.15, -0.1) is 0 Å². The van der Waals surface area contributed by atoms with Crippen LogP contribution in [-0.4, -0.2) is 53.6 Å². The fourth-order valence-corrected chi connectivity index (χ4v) is 4.35. The maximum atomic E-state index is 12.7. The highest BCUT2D eigenvalue weighted by molar-refractivity contribution is 5.92. The summed E-state index contributed by atoms with van der Waals surface area (Å²) < 4.78 is 12.7. The lowest BCUT2D eigenvalue weighted by molar-refractivity contribution is -0.126. The van der Waals surface area contributed by atoms with Gasteiger partial charge in [-0.1, -0.05) is 24.3 Å². The van der Waals surface area contributed by atoms with E-state index < -0.39 is 0 Å². The number of piperazine rings is 1. The molecule has 164 valence electrons. The van der Waals surface area contributed by atoms with Crippen molar-refractivity contribution < 1.29 is 14.3 Å². The average molecular weight is 431 g/mol. The molecule has 7 heteroatoms. The number of amides is 1. The molecule has 0 saturated carbocycles. The Kier molecular flexibility index (Phi) is 5.31. The van der Waals surface area contributed by atoms with Crippen LogP contribution in [0.4, 0.5) is 5.69 Å². The number of rotatable bonds is 4. The third-order valence-corrected chi connectivity index (χ3v) is 5.98. The van der Waals surface area contributed by atoms with Crippen LogP contribution < -0.4 is 14.4 Å². The van der Waals surface area contributed by atoms with Crippen LogP contribution in [0.25, 0.3) is 11.8 Å². The topological polar surface area (TPSA) is 59.8 Å². The standard InChI is InChI=1S/C25H26N4O3/c1-18-25(19(2)29(26-18)21-6-4-3-5-7-21)28-14-12-27(13-15-28)24(30)11-9-20-8-10-22-23(16-20)32-17-31-22/h3-11,16H,12-15,17H2,1-2H3/b11-9+. The van der Waals surface area contributed by atoms with E-state index in [0.29, 0.717) is 13.1 Å². The quantitative estimate of drug-likeness (QED) is 0.592. The Morgan fingerprint density at radius 1 is 0.969 bits per heavy atom. The summed E-state index contributed by atoms with van der Waals surface area (Å²) in [7, 11) is 0. The predicted octanol–water partition coefficient (Wildman–Crippen LogP) is 3.58. The SMILES string of the molecule is Cc1nn(-c2ccccc2)c(C)c1N1CCN(C(=O)/C=C/c2ccc3c(c2)OCO3)CC1. The van der Waals surface area contributed by atoms with Gasteiger partial charge in [-0.25, -0.2) is 4.68 Å². The normalized spacial score (nSPS) is 15.6. The second-order valence-corrected chi connectivity index (χ2v) is 8.03. The van der Waals surface area contributed by atoms with Crippen molar-refractivity contribution in [3.8, 4) is 17.2 Å². The van der Waals surface area contributed by atoms with Crippen molar-refractivity contribution in [3.05, 3.63) is 71.6 Å². The second kappa shape index (κ2) is 8.42. The molecule has 3 aromatic rings. The zero-order chi connectivity index (χ0) is 22.1. The highest BCUT2D eigenvalue weighted by atomic mass is 16.7. The van der Waals surface area contributed by atoms with Crippen molar-refractivity contribution >= 4 is 17.7 Å². The van der Waals surface area contributed by atoms with Gasteiger partial charge in [0.1, 0.15) is 0 Å². The van der Waals surface area contributed by atoms with Crippen LogP contribution in [0.15, 0.2) is 54.6 Å². The summed E-state index contributed by atoms with van der Waals surface area (Å²) in [5.41, 5.74) is 5.27. The van der Waals surface area contributed by atoms with Crippen LogP contribution >= 0.6 is 0 Å². The second-order valence-electron chi connectivity index (χ2n) is 8.03. The number of benzene rings is 2. The van der Waals surface area contributed by atoms with E-state index in [4.69, 9.17) is 14.6 Å². The number of carbonyl (C=O) groups excluding carboxylic acids is 1. The third kappa shape index (κ3) is 3.82. The van der Waals surface area contributed by atoms with Crippen LogP contribution in [0.5, 0.6) is 11.5 Å². The van der Waals surface area contributed by atoms with Crippen LogP contribution in [0.3, 0.4) is 0 Å². The van der Waals surface area contributed by atoms with Crippen molar-refractivity contribution in [3.63, 3.8) is 0 Å². The van der Waals surface area contributed by atoms with Gasteiger partial charge in [0.2, 0.25) is 12.7 Å². The van der Waals surface area contributed by atoms with Gasteiger partial charge in [0, 0.05) is 32.3 Å². The van der Waals surface area contributed by atoms with Crippen LogP contribution in [0.1, 0.15) is 17.0 Å². The molecule has 1 saturated heterocycles. The van der Waals surface area contributed by atoms with Gasteiger partial charge in [-0.2, -0.15) is 5.10 Å². The predicted molar refractivity (Wildman–Crippen MR) is 123 cm³/mol. The summed E-state index contributed by atoms with van der Waals surface area (Å²) in [6.45, 7) is 7.33. The van der Waals surface area contributed by atoms with Crippen molar-refractivity contribution in [1.29, 1.82) is 0 Å². The number of ether oxygens (including phenoxy) is 2. The Morgan fingerprint density at radius 2 is 1.72 bits per heavy atom. The Balaban J connectivity index is 1.24. The molecule has 3 heterocycles. The number of anilines is 1. The van der Waals surface area contributed by atoms with Crippen molar-refractivity contribution in [1.82, 2.24) is 14.7 Å². The van der Waals surface area contributed by atoms with Gasteiger partial charge in [0.05, 0.1) is 22.8 Å². The lowest BCUT2D eigenvalue weighted by Crippen LogP contribution is -2.48. The number of nitrogens with zero attached hydrogens (tertiary/aromatic N) is 4. The van der Waals surface area contributed by atoms with E-state index in [1.807, 2.05) is 59.0 Å².